The maximum Gasteiger partial charge on any atom is 0.276 e. The van der Waals surface area contributed by atoms with Crippen LogP contribution in [-0.4, -0.2) is 16.0 Å². The van der Waals surface area contributed by atoms with E-state index in [9.17, 15) is 4.39 Å². The van der Waals surface area contributed by atoms with E-state index < -0.39 is 0 Å². The van der Waals surface area contributed by atoms with Crippen LogP contribution in [0.1, 0.15) is 18.4 Å². The number of hydrogen-bond donors (Lipinski definition) is 0. The van der Waals surface area contributed by atoms with Gasteiger partial charge < -0.3 is 4.42 Å². The highest BCUT2D eigenvalue weighted by atomic mass is 35.5. The van der Waals surface area contributed by atoms with Crippen molar-refractivity contribution in [3.63, 3.8) is 0 Å². The van der Waals surface area contributed by atoms with Gasteiger partial charge in [-0.25, -0.2) is 4.39 Å². The molecule has 0 spiro atoms. The summed E-state index contributed by atoms with van der Waals surface area (Å²) in [6, 6.07) is 4.56. The standard InChI is InChI=1S/C11H10ClFN2OS/c1-2-17-11-15-14-10(16-11)6-7-8(12)4-3-5-9(7)13/h3-5H,2,6H2,1H3. The van der Waals surface area contributed by atoms with Gasteiger partial charge in [0.2, 0.25) is 5.89 Å². The summed E-state index contributed by atoms with van der Waals surface area (Å²) in [4.78, 5) is 0. The highest BCUT2D eigenvalue weighted by molar-refractivity contribution is 7.99. The molecule has 17 heavy (non-hydrogen) atoms. The van der Waals surface area contributed by atoms with Crippen LogP contribution in [0.3, 0.4) is 0 Å². The predicted molar refractivity (Wildman–Crippen MR) is 64.9 cm³/mol. The molecule has 90 valence electrons. The van der Waals surface area contributed by atoms with E-state index in [2.05, 4.69) is 10.2 Å². The number of rotatable bonds is 4. The monoisotopic (exact) mass is 272 g/mol. The van der Waals surface area contributed by atoms with E-state index >= 15 is 0 Å². The Morgan fingerprint density at radius 1 is 1.41 bits per heavy atom. The van der Waals surface area contributed by atoms with Crippen LogP contribution >= 0.6 is 23.4 Å². The highest BCUT2D eigenvalue weighted by Crippen LogP contribution is 2.23. The van der Waals surface area contributed by atoms with E-state index in [1.54, 1.807) is 12.1 Å². The quantitative estimate of drug-likeness (QED) is 0.798. The molecule has 0 aliphatic heterocycles. The van der Waals surface area contributed by atoms with Gasteiger partial charge >= 0.3 is 0 Å². The van der Waals surface area contributed by atoms with Crippen molar-refractivity contribution in [2.45, 2.75) is 18.6 Å². The van der Waals surface area contributed by atoms with Crippen LogP contribution in [0.2, 0.25) is 5.02 Å². The van der Waals surface area contributed by atoms with Gasteiger partial charge in [-0.05, 0) is 17.9 Å². The summed E-state index contributed by atoms with van der Waals surface area (Å²) < 4.78 is 18.9. The van der Waals surface area contributed by atoms with Gasteiger partial charge in [0.25, 0.3) is 5.22 Å². The molecular formula is C11H10ClFN2OS. The molecule has 0 aliphatic rings. The van der Waals surface area contributed by atoms with Crippen LogP contribution in [-0.2, 0) is 6.42 Å². The third-order valence-electron chi connectivity index (χ3n) is 2.11. The zero-order valence-corrected chi connectivity index (χ0v) is 10.7. The summed E-state index contributed by atoms with van der Waals surface area (Å²) in [6.45, 7) is 1.99. The summed E-state index contributed by atoms with van der Waals surface area (Å²) in [7, 11) is 0. The maximum atomic E-state index is 13.5. The lowest BCUT2D eigenvalue weighted by Crippen LogP contribution is -1.94. The molecule has 1 heterocycles. The molecule has 1 aromatic heterocycles. The first-order valence-corrected chi connectivity index (χ1v) is 6.45. The molecule has 0 atom stereocenters. The van der Waals surface area contributed by atoms with Gasteiger partial charge in [-0.3, -0.25) is 0 Å². The summed E-state index contributed by atoms with van der Waals surface area (Å²) >= 11 is 7.36. The molecular weight excluding hydrogens is 263 g/mol. The zero-order valence-electron chi connectivity index (χ0n) is 9.11. The number of hydrogen-bond acceptors (Lipinski definition) is 4. The van der Waals surface area contributed by atoms with Crippen LogP contribution in [0.5, 0.6) is 0 Å². The Hall–Kier alpha value is -1.07. The topological polar surface area (TPSA) is 38.9 Å². The Labute approximate surface area is 107 Å². The minimum absolute atomic E-state index is 0.211. The van der Waals surface area contributed by atoms with Crippen molar-refractivity contribution in [1.29, 1.82) is 0 Å². The molecule has 1 aromatic carbocycles. The second kappa shape index (κ2) is 5.51. The van der Waals surface area contributed by atoms with Crippen molar-refractivity contribution in [1.82, 2.24) is 10.2 Å². The summed E-state index contributed by atoms with van der Waals surface area (Å²) in [5.41, 5.74) is 0.380. The van der Waals surface area contributed by atoms with Crippen LogP contribution in [0.15, 0.2) is 27.8 Å². The van der Waals surface area contributed by atoms with Crippen LogP contribution in [0.4, 0.5) is 4.39 Å². The second-order valence-electron chi connectivity index (χ2n) is 3.27. The zero-order chi connectivity index (χ0) is 12.3. The predicted octanol–water partition coefficient (Wildman–Crippen LogP) is 3.56. The fourth-order valence-corrected chi connectivity index (χ4v) is 2.07. The normalized spacial score (nSPS) is 10.8. The van der Waals surface area contributed by atoms with Gasteiger partial charge in [0, 0.05) is 10.6 Å². The fraction of sp³-hybridized carbons (Fsp3) is 0.273. The van der Waals surface area contributed by atoms with Gasteiger partial charge in [-0.2, -0.15) is 0 Å². The summed E-state index contributed by atoms with van der Waals surface area (Å²) in [5, 5.41) is 8.56. The molecule has 3 nitrogen and oxygen atoms in total. The van der Waals surface area contributed by atoms with Crippen molar-refractivity contribution < 1.29 is 8.81 Å². The smallest absolute Gasteiger partial charge is 0.276 e. The van der Waals surface area contributed by atoms with Crippen LogP contribution in [0.25, 0.3) is 0 Å². The Balaban J connectivity index is 2.19. The minimum atomic E-state index is -0.361. The van der Waals surface area contributed by atoms with Crippen molar-refractivity contribution >= 4 is 23.4 Å². The Morgan fingerprint density at radius 3 is 2.94 bits per heavy atom. The SMILES string of the molecule is CCSc1nnc(Cc2c(F)cccc2Cl)o1. The first kappa shape index (κ1) is 12.4. The molecule has 0 fully saturated rings. The largest absolute Gasteiger partial charge is 0.416 e. The molecule has 0 aliphatic carbocycles. The number of nitrogens with zero attached hydrogens (tertiary/aromatic N) is 2. The van der Waals surface area contributed by atoms with E-state index in [1.165, 1.54) is 17.8 Å². The van der Waals surface area contributed by atoms with E-state index in [0.717, 1.165) is 5.75 Å². The van der Waals surface area contributed by atoms with E-state index in [4.69, 9.17) is 16.0 Å². The molecule has 6 heteroatoms. The fourth-order valence-electron chi connectivity index (χ4n) is 1.34. The average Bonchev–Trinajstić information content (AvgIpc) is 2.72. The number of thioether (sulfide) groups is 1. The number of benzene rings is 1. The van der Waals surface area contributed by atoms with Gasteiger partial charge in [0.05, 0.1) is 6.42 Å². The first-order valence-electron chi connectivity index (χ1n) is 5.08. The third-order valence-corrected chi connectivity index (χ3v) is 3.16. The number of aromatic nitrogens is 2. The first-order chi connectivity index (χ1) is 8.20. The Bertz CT molecular complexity index is 498. The highest BCUT2D eigenvalue weighted by Gasteiger charge is 2.12. The Morgan fingerprint density at radius 2 is 2.24 bits per heavy atom. The van der Waals surface area contributed by atoms with Gasteiger partial charge in [-0.1, -0.05) is 36.4 Å². The molecule has 0 bridgehead atoms. The van der Waals surface area contributed by atoms with Crippen LogP contribution in [0, 0.1) is 5.82 Å². The third kappa shape index (κ3) is 2.98. The van der Waals surface area contributed by atoms with Crippen LogP contribution < -0.4 is 0 Å². The molecule has 0 radical (unpaired) electrons. The lowest BCUT2D eigenvalue weighted by Gasteiger charge is -2.01. The van der Waals surface area contributed by atoms with E-state index in [0.29, 0.717) is 21.7 Å². The average molecular weight is 273 g/mol. The van der Waals surface area contributed by atoms with Crippen molar-refractivity contribution in [2.24, 2.45) is 0 Å². The summed E-state index contributed by atoms with van der Waals surface area (Å²) in [5.74, 6) is 0.857. The maximum absolute atomic E-state index is 13.5. The van der Waals surface area contributed by atoms with E-state index in [1.807, 2.05) is 6.92 Å². The molecule has 0 saturated heterocycles. The van der Waals surface area contributed by atoms with Crippen molar-refractivity contribution in [3.05, 3.63) is 40.5 Å². The lowest BCUT2D eigenvalue weighted by molar-refractivity contribution is 0.418. The second-order valence-corrected chi connectivity index (χ2v) is 4.89. The molecule has 0 amide bonds. The minimum Gasteiger partial charge on any atom is -0.416 e. The molecule has 0 unspecified atom stereocenters. The molecule has 0 N–H and O–H groups in total. The van der Waals surface area contributed by atoms with Gasteiger partial charge in [0.1, 0.15) is 5.82 Å². The van der Waals surface area contributed by atoms with Crippen molar-refractivity contribution in [3.8, 4) is 0 Å². The van der Waals surface area contributed by atoms with Gasteiger partial charge in [-0.15, -0.1) is 10.2 Å². The summed E-state index contributed by atoms with van der Waals surface area (Å²) in [6.07, 6.45) is 0.211. The Kier molecular flexibility index (Phi) is 4.02. The molecule has 2 aromatic rings. The van der Waals surface area contributed by atoms with Crippen molar-refractivity contribution in [2.75, 3.05) is 5.75 Å². The molecule has 2 rings (SSSR count). The molecule has 0 saturated carbocycles. The van der Waals surface area contributed by atoms with Gasteiger partial charge in [0.15, 0.2) is 0 Å². The number of halogens is 2. The lowest BCUT2D eigenvalue weighted by atomic mass is 10.1. The van der Waals surface area contributed by atoms with E-state index in [-0.39, 0.29) is 12.2 Å².